The van der Waals surface area contributed by atoms with Gasteiger partial charge >= 0.3 is 0 Å². The fourth-order valence-corrected chi connectivity index (χ4v) is 1.31. The third-order valence-electron chi connectivity index (χ3n) is 2.10. The van der Waals surface area contributed by atoms with Gasteiger partial charge in [0.15, 0.2) is 0 Å². The van der Waals surface area contributed by atoms with Gasteiger partial charge < -0.3 is 0 Å². The van der Waals surface area contributed by atoms with Crippen molar-refractivity contribution in [1.29, 1.82) is 0 Å². The Balaban J connectivity index is 2.35. The average Bonchev–Trinajstić information content (AvgIpc) is 2.22. The largest absolute Gasteiger partial charge is 0.0882 e. The molecule has 0 bridgehead atoms. The van der Waals surface area contributed by atoms with Crippen molar-refractivity contribution in [1.82, 2.24) is 0 Å². The number of allylic oxidation sites excluding steroid dienone is 8. The lowest BCUT2D eigenvalue weighted by atomic mass is 10.1. The summed E-state index contributed by atoms with van der Waals surface area (Å²) in [4.78, 5) is 0. The molecule has 0 heterocycles. The van der Waals surface area contributed by atoms with Crippen molar-refractivity contribution in [3.63, 3.8) is 0 Å². The highest BCUT2D eigenvalue weighted by Gasteiger charge is 1.83. The van der Waals surface area contributed by atoms with Gasteiger partial charge in [0.2, 0.25) is 0 Å². The summed E-state index contributed by atoms with van der Waals surface area (Å²) in [5.74, 6) is 0. The van der Waals surface area contributed by atoms with E-state index in [2.05, 4.69) is 55.0 Å². The summed E-state index contributed by atoms with van der Waals surface area (Å²) in [7, 11) is 0. The molecule has 0 atom stereocenters. The van der Waals surface area contributed by atoms with Crippen LogP contribution >= 0.6 is 0 Å². The van der Waals surface area contributed by atoms with E-state index < -0.39 is 0 Å². The van der Waals surface area contributed by atoms with Gasteiger partial charge in [0.1, 0.15) is 0 Å². The molecule has 0 aromatic carbocycles. The maximum atomic E-state index is 2.33. The highest BCUT2D eigenvalue weighted by Crippen LogP contribution is 2.02. The first-order chi connectivity index (χ1) is 7.00. The molecule has 0 N–H and O–H groups in total. The van der Waals surface area contributed by atoms with Crippen molar-refractivity contribution in [2.75, 3.05) is 0 Å². The van der Waals surface area contributed by atoms with Crippen LogP contribution in [-0.4, -0.2) is 0 Å². The number of rotatable bonds is 0. The standard InChI is InChI=1S/C14H19/c1-2-4-6-8-10-12-14-13-11-9-7-5-3-1/h1-4,7-9,13-14H,5-6,10-12H2/b3-1+,4-2-,9-7+,14-13+. The Bertz CT molecular complexity index is 228. The molecule has 1 aliphatic rings. The van der Waals surface area contributed by atoms with Crippen molar-refractivity contribution >= 4 is 0 Å². The third kappa shape index (κ3) is 6.47. The van der Waals surface area contributed by atoms with Crippen molar-refractivity contribution in [2.45, 2.75) is 32.1 Å². The summed E-state index contributed by atoms with van der Waals surface area (Å²) in [6, 6.07) is 0. The molecule has 0 nitrogen and oxygen atoms in total. The molecule has 0 aromatic rings. The van der Waals surface area contributed by atoms with Gasteiger partial charge in [-0.15, -0.1) is 0 Å². The minimum absolute atomic E-state index is 1.04. The molecule has 0 aliphatic heterocycles. The lowest BCUT2D eigenvalue weighted by Gasteiger charge is -1.92. The van der Waals surface area contributed by atoms with Crippen molar-refractivity contribution in [3.8, 4) is 0 Å². The van der Waals surface area contributed by atoms with E-state index in [1.165, 1.54) is 12.8 Å². The van der Waals surface area contributed by atoms with E-state index in [0.717, 1.165) is 19.3 Å². The zero-order chi connectivity index (χ0) is 9.90. The quantitative estimate of drug-likeness (QED) is 0.494. The van der Waals surface area contributed by atoms with E-state index in [0.29, 0.717) is 0 Å². The Morgan fingerprint density at radius 3 is 2.00 bits per heavy atom. The van der Waals surface area contributed by atoms with Crippen molar-refractivity contribution in [3.05, 3.63) is 55.0 Å². The lowest BCUT2D eigenvalue weighted by Crippen LogP contribution is -1.74. The van der Waals surface area contributed by atoms with Crippen molar-refractivity contribution in [2.24, 2.45) is 0 Å². The molecule has 0 heteroatoms. The first kappa shape index (κ1) is 11.0. The fraction of sp³-hybridized carbons (Fsp3) is 0.357. The minimum Gasteiger partial charge on any atom is -0.0882 e. The Hall–Kier alpha value is -1.04. The van der Waals surface area contributed by atoms with Crippen LogP contribution in [0.15, 0.2) is 48.6 Å². The second-order valence-corrected chi connectivity index (χ2v) is 3.37. The molecular formula is C14H19. The predicted octanol–water partition coefficient (Wildman–Crippen LogP) is 4.38. The maximum Gasteiger partial charge on any atom is -0.0166 e. The van der Waals surface area contributed by atoms with Crippen LogP contribution in [0.5, 0.6) is 0 Å². The Morgan fingerprint density at radius 2 is 1.14 bits per heavy atom. The molecule has 1 radical (unpaired) electrons. The summed E-state index contributed by atoms with van der Waals surface area (Å²) in [5.41, 5.74) is 0. The first-order valence-electron chi connectivity index (χ1n) is 5.43. The molecule has 14 heavy (non-hydrogen) atoms. The number of hydrogen-bond acceptors (Lipinski definition) is 0. The zero-order valence-electron chi connectivity index (χ0n) is 8.73. The molecule has 0 unspecified atom stereocenters. The van der Waals surface area contributed by atoms with Crippen LogP contribution in [0.2, 0.25) is 0 Å². The second kappa shape index (κ2) is 8.55. The normalized spacial score (nSPS) is 28.6. The van der Waals surface area contributed by atoms with Crippen LogP contribution < -0.4 is 0 Å². The average molecular weight is 187 g/mol. The first-order valence-corrected chi connectivity index (χ1v) is 5.43. The van der Waals surface area contributed by atoms with Gasteiger partial charge in [-0.3, -0.25) is 0 Å². The van der Waals surface area contributed by atoms with E-state index in [1.54, 1.807) is 0 Å². The molecule has 1 aliphatic carbocycles. The van der Waals surface area contributed by atoms with Gasteiger partial charge in [0, 0.05) is 0 Å². The molecule has 0 aromatic heterocycles. The van der Waals surface area contributed by atoms with Gasteiger partial charge in [0.05, 0.1) is 0 Å². The van der Waals surface area contributed by atoms with E-state index in [9.17, 15) is 0 Å². The third-order valence-corrected chi connectivity index (χ3v) is 2.10. The van der Waals surface area contributed by atoms with Crippen molar-refractivity contribution < 1.29 is 0 Å². The molecule has 0 amide bonds. The van der Waals surface area contributed by atoms with E-state index in [1.807, 2.05) is 0 Å². The summed E-state index contributed by atoms with van der Waals surface area (Å²) >= 11 is 0. The summed E-state index contributed by atoms with van der Waals surface area (Å²) in [6.07, 6.45) is 25.5. The van der Waals surface area contributed by atoms with Crippen LogP contribution in [0.25, 0.3) is 0 Å². The van der Waals surface area contributed by atoms with E-state index in [4.69, 9.17) is 0 Å². The number of hydrogen-bond donors (Lipinski definition) is 0. The summed E-state index contributed by atoms with van der Waals surface area (Å²) < 4.78 is 0. The van der Waals surface area contributed by atoms with Gasteiger partial charge in [0.25, 0.3) is 0 Å². The summed E-state index contributed by atoms with van der Waals surface area (Å²) in [6.45, 7) is 0. The van der Waals surface area contributed by atoms with Gasteiger partial charge in [-0.2, -0.15) is 0 Å². The zero-order valence-corrected chi connectivity index (χ0v) is 8.73. The van der Waals surface area contributed by atoms with Gasteiger partial charge in [-0.1, -0.05) is 48.6 Å². The highest BCUT2D eigenvalue weighted by molar-refractivity contribution is 5.06. The molecule has 1 rings (SSSR count). The predicted molar refractivity (Wildman–Crippen MR) is 63.9 cm³/mol. The molecule has 0 saturated carbocycles. The van der Waals surface area contributed by atoms with Crippen LogP contribution in [-0.2, 0) is 0 Å². The maximum absolute atomic E-state index is 2.33. The Labute approximate surface area is 87.7 Å². The second-order valence-electron chi connectivity index (χ2n) is 3.37. The Kier molecular flexibility index (Phi) is 6.74. The SMILES string of the molecule is [CH]1C/C=C\C=C\C/C=C/C/C=C/CC1. The monoisotopic (exact) mass is 187 g/mol. The van der Waals surface area contributed by atoms with Crippen LogP contribution in [0.4, 0.5) is 0 Å². The highest BCUT2D eigenvalue weighted by atomic mass is 13.9. The molecular weight excluding hydrogens is 168 g/mol. The molecule has 75 valence electrons. The van der Waals surface area contributed by atoms with Gasteiger partial charge in [-0.25, -0.2) is 0 Å². The van der Waals surface area contributed by atoms with Gasteiger partial charge in [-0.05, 0) is 38.5 Å². The van der Waals surface area contributed by atoms with E-state index in [-0.39, 0.29) is 0 Å². The minimum atomic E-state index is 1.04. The van der Waals surface area contributed by atoms with E-state index >= 15 is 0 Å². The fourth-order valence-electron chi connectivity index (χ4n) is 1.31. The Morgan fingerprint density at radius 1 is 0.500 bits per heavy atom. The lowest BCUT2D eigenvalue weighted by molar-refractivity contribution is 0.930. The van der Waals surface area contributed by atoms with Crippen LogP contribution in [0, 0.1) is 6.42 Å². The summed E-state index contributed by atoms with van der Waals surface area (Å²) in [5, 5.41) is 0. The molecule has 0 spiro atoms. The van der Waals surface area contributed by atoms with Crippen LogP contribution in [0.1, 0.15) is 32.1 Å². The topological polar surface area (TPSA) is 0 Å². The molecule has 0 fully saturated rings. The van der Waals surface area contributed by atoms with Crippen LogP contribution in [0.3, 0.4) is 0 Å². The molecule has 0 saturated heterocycles. The smallest absolute Gasteiger partial charge is 0.0166 e.